The first kappa shape index (κ1) is 9.72. The summed E-state index contributed by atoms with van der Waals surface area (Å²) < 4.78 is 4.99. The fourth-order valence-electron chi connectivity index (χ4n) is 1.29. The van der Waals surface area contributed by atoms with Crippen LogP contribution in [0.5, 0.6) is 0 Å². The molecule has 0 amide bonds. The third-order valence-corrected chi connectivity index (χ3v) is 2.17. The average molecular weight is 170 g/mol. The summed E-state index contributed by atoms with van der Waals surface area (Å²) in [7, 11) is 0. The van der Waals surface area contributed by atoms with E-state index in [1.54, 1.807) is 0 Å². The van der Waals surface area contributed by atoms with Crippen LogP contribution in [0.4, 0.5) is 0 Å². The average Bonchev–Trinajstić information content (AvgIpc) is 2.82. The molecule has 1 unspecified atom stereocenters. The molecule has 12 heavy (non-hydrogen) atoms. The largest absolute Gasteiger partial charge is 0.373 e. The zero-order chi connectivity index (χ0) is 8.81. The predicted octanol–water partition coefficient (Wildman–Crippen LogP) is 2.31. The second kappa shape index (κ2) is 5.31. The molecule has 0 spiro atoms. The van der Waals surface area contributed by atoms with Crippen molar-refractivity contribution in [2.45, 2.75) is 51.6 Å². The fourth-order valence-corrected chi connectivity index (χ4v) is 1.29. The number of carbonyl (C=O) groups is 1. The fraction of sp³-hybridized carbons (Fsp3) is 0.900. The van der Waals surface area contributed by atoms with Crippen molar-refractivity contribution >= 4 is 5.78 Å². The van der Waals surface area contributed by atoms with E-state index in [0.29, 0.717) is 12.2 Å². The molecular formula is C10H18O2. The second-order valence-corrected chi connectivity index (χ2v) is 3.51. The Bertz CT molecular complexity index is 139. The number of carbonyl (C=O) groups excluding carboxylic acids is 1. The quantitative estimate of drug-likeness (QED) is 0.433. The van der Waals surface area contributed by atoms with Gasteiger partial charge in [0.05, 0.1) is 12.7 Å². The molecule has 0 aliphatic carbocycles. The molecule has 0 bridgehead atoms. The first-order valence-electron chi connectivity index (χ1n) is 4.96. The maximum atomic E-state index is 11.2. The predicted molar refractivity (Wildman–Crippen MR) is 48.1 cm³/mol. The van der Waals surface area contributed by atoms with Gasteiger partial charge >= 0.3 is 0 Å². The van der Waals surface area contributed by atoms with Gasteiger partial charge < -0.3 is 4.74 Å². The summed E-state index contributed by atoms with van der Waals surface area (Å²) in [5.74, 6) is 0.383. The Morgan fingerprint density at radius 3 is 2.75 bits per heavy atom. The van der Waals surface area contributed by atoms with Crippen LogP contribution in [-0.2, 0) is 9.53 Å². The summed E-state index contributed by atoms with van der Waals surface area (Å²) in [6.07, 6.45) is 6.47. The lowest BCUT2D eigenvalue weighted by Gasteiger charge is -1.97. The maximum Gasteiger partial charge on any atom is 0.135 e. The van der Waals surface area contributed by atoms with Crippen LogP contribution in [-0.4, -0.2) is 18.5 Å². The Kier molecular flexibility index (Phi) is 4.30. The number of unbranched alkanes of at least 4 members (excludes halogenated alkanes) is 3. The molecule has 1 aliphatic heterocycles. The highest BCUT2D eigenvalue weighted by molar-refractivity contribution is 5.79. The van der Waals surface area contributed by atoms with Crippen molar-refractivity contribution in [3.8, 4) is 0 Å². The summed E-state index contributed by atoms with van der Waals surface area (Å²) in [5.41, 5.74) is 0. The molecule has 0 saturated carbocycles. The first-order valence-corrected chi connectivity index (χ1v) is 4.96. The minimum Gasteiger partial charge on any atom is -0.373 e. The van der Waals surface area contributed by atoms with Gasteiger partial charge in [0.2, 0.25) is 0 Å². The van der Waals surface area contributed by atoms with Gasteiger partial charge in [-0.05, 0) is 6.42 Å². The molecule has 1 atom stereocenters. The molecule has 0 aromatic rings. The van der Waals surface area contributed by atoms with E-state index in [1.165, 1.54) is 19.3 Å². The Balaban J connectivity index is 1.87. The first-order chi connectivity index (χ1) is 5.83. The van der Waals surface area contributed by atoms with E-state index in [1.807, 2.05) is 0 Å². The van der Waals surface area contributed by atoms with Crippen LogP contribution in [0.1, 0.15) is 45.4 Å². The maximum absolute atomic E-state index is 11.2. The minimum absolute atomic E-state index is 0.281. The Labute approximate surface area is 74.3 Å². The van der Waals surface area contributed by atoms with E-state index in [-0.39, 0.29) is 6.10 Å². The molecule has 2 nitrogen and oxygen atoms in total. The summed E-state index contributed by atoms with van der Waals surface area (Å²) in [4.78, 5) is 11.2. The molecule has 0 radical (unpaired) electrons. The van der Waals surface area contributed by atoms with Gasteiger partial charge in [0.1, 0.15) is 5.78 Å². The highest BCUT2D eigenvalue weighted by atomic mass is 16.6. The van der Waals surface area contributed by atoms with Gasteiger partial charge in [0.25, 0.3) is 0 Å². The van der Waals surface area contributed by atoms with Gasteiger partial charge in [-0.2, -0.15) is 0 Å². The van der Waals surface area contributed by atoms with Crippen LogP contribution >= 0.6 is 0 Å². The number of Topliss-reactive ketones (excluding diaryl/α,β-unsaturated/α-hetero) is 1. The third kappa shape index (κ3) is 4.50. The molecule has 1 rings (SSSR count). The molecule has 1 fully saturated rings. The molecule has 0 aromatic carbocycles. The Hall–Kier alpha value is -0.370. The number of epoxide rings is 1. The zero-order valence-corrected chi connectivity index (χ0v) is 7.84. The molecule has 0 N–H and O–H groups in total. The molecular weight excluding hydrogens is 152 g/mol. The monoisotopic (exact) mass is 170 g/mol. The van der Waals surface area contributed by atoms with E-state index in [9.17, 15) is 4.79 Å². The number of hydrogen-bond acceptors (Lipinski definition) is 2. The number of ether oxygens (including phenoxy) is 1. The summed E-state index contributed by atoms with van der Waals surface area (Å²) in [5, 5.41) is 0. The lowest BCUT2D eigenvalue weighted by Crippen LogP contribution is -2.01. The van der Waals surface area contributed by atoms with Gasteiger partial charge in [-0.1, -0.05) is 26.2 Å². The van der Waals surface area contributed by atoms with Crippen molar-refractivity contribution in [3.05, 3.63) is 0 Å². The van der Waals surface area contributed by atoms with Crippen molar-refractivity contribution < 1.29 is 9.53 Å². The zero-order valence-electron chi connectivity index (χ0n) is 7.84. The smallest absolute Gasteiger partial charge is 0.135 e. The van der Waals surface area contributed by atoms with Crippen molar-refractivity contribution in [1.29, 1.82) is 0 Å². The second-order valence-electron chi connectivity index (χ2n) is 3.51. The van der Waals surface area contributed by atoms with Crippen molar-refractivity contribution in [1.82, 2.24) is 0 Å². The van der Waals surface area contributed by atoms with Gasteiger partial charge in [-0.25, -0.2) is 0 Å². The van der Waals surface area contributed by atoms with Crippen LogP contribution < -0.4 is 0 Å². The SMILES string of the molecule is CCCCCCC(=O)CC1CO1. The van der Waals surface area contributed by atoms with E-state index in [0.717, 1.165) is 19.4 Å². The minimum atomic E-state index is 0.281. The number of hydrogen-bond donors (Lipinski definition) is 0. The van der Waals surface area contributed by atoms with Crippen LogP contribution in [0.3, 0.4) is 0 Å². The van der Waals surface area contributed by atoms with Crippen molar-refractivity contribution in [2.24, 2.45) is 0 Å². The Morgan fingerprint density at radius 1 is 1.42 bits per heavy atom. The molecule has 1 aliphatic rings. The van der Waals surface area contributed by atoms with Crippen LogP contribution in [0, 0.1) is 0 Å². The lowest BCUT2D eigenvalue weighted by atomic mass is 10.1. The molecule has 1 heterocycles. The third-order valence-electron chi connectivity index (χ3n) is 2.17. The molecule has 1 saturated heterocycles. The van der Waals surface area contributed by atoms with Gasteiger partial charge in [0.15, 0.2) is 0 Å². The van der Waals surface area contributed by atoms with E-state index < -0.39 is 0 Å². The van der Waals surface area contributed by atoms with E-state index >= 15 is 0 Å². The highest BCUT2D eigenvalue weighted by Gasteiger charge is 2.24. The summed E-state index contributed by atoms with van der Waals surface area (Å²) in [6, 6.07) is 0. The molecule has 0 aromatic heterocycles. The highest BCUT2D eigenvalue weighted by Crippen LogP contribution is 2.15. The van der Waals surface area contributed by atoms with Gasteiger partial charge in [-0.15, -0.1) is 0 Å². The van der Waals surface area contributed by atoms with Crippen LogP contribution in [0.15, 0.2) is 0 Å². The van der Waals surface area contributed by atoms with Crippen molar-refractivity contribution in [2.75, 3.05) is 6.61 Å². The van der Waals surface area contributed by atoms with Crippen molar-refractivity contribution in [3.63, 3.8) is 0 Å². The molecule has 70 valence electrons. The van der Waals surface area contributed by atoms with Crippen LogP contribution in [0.2, 0.25) is 0 Å². The number of rotatable bonds is 7. The summed E-state index contributed by atoms with van der Waals surface area (Å²) in [6.45, 7) is 2.99. The number of ketones is 1. The Morgan fingerprint density at radius 2 is 2.17 bits per heavy atom. The summed E-state index contributed by atoms with van der Waals surface area (Å²) >= 11 is 0. The van der Waals surface area contributed by atoms with Crippen LogP contribution in [0.25, 0.3) is 0 Å². The standard InChI is InChI=1S/C10H18O2/c1-2-3-4-5-6-9(11)7-10-8-12-10/h10H,2-8H2,1H3. The normalized spacial score (nSPS) is 20.9. The topological polar surface area (TPSA) is 29.6 Å². The lowest BCUT2D eigenvalue weighted by molar-refractivity contribution is -0.119. The van der Waals surface area contributed by atoms with Gasteiger partial charge in [-0.3, -0.25) is 4.79 Å². The van der Waals surface area contributed by atoms with E-state index in [4.69, 9.17) is 4.74 Å². The molecule has 2 heteroatoms. The van der Waals surface area contributed by atoms with E-state index in [2.05, 4.69) is 6.92 Å². The van der Waals surface area contributed by atoms with Gasteiger partial charge in [0, 0.05) is 12.8 Å².